The molecule has 21 heavy (non-hydrogen) atoms. The molecule has 0 aliphatic heterocycles. The molecule has 1 N–H and O–H groups in total. The Bertz CT molecular complexity index is 617. The molecular weight excluding hydrogens is 307 g/mol. The molecule has 0 atom stereocenters. The average Bonchev–Trinajstić information content (AvgIpc) is 2.50. The van der Waals surface area contributed by atoms with Gasteiger partial charge in [0.05, 0.1) is 10.6 Å². The van der Waals surface area contributed by atoms with Crippen molar-refractivity contribution in [3.8, 4) is 0 Å². The first-order valence-corrected chi connectivity index (χ1v) is 7.33. The molecule has 0 unspecified atom stereocenters. The summed E-state index contributed by atoms with van der Waals surface area (Å²) in [6, 6.07) is 14.8. The van der Waals surface area contributed by atoms with E-state index in [0.29, 0.717) is 28.7 Å². The average molecular weight is 323 g/mol. The Morgan fingerprint density at radius 1 is 1.14 bits per heavy atom. The maximum Gasteiger partial charge on any atom is 0.252 e. The first kappa shape index (κ1) is 15.7. The van der Waals surface area contributed by atoms with Crippen molar-refractivity contribution in [3.63, 3.8) is 0 Å². The summed E-state index contributed by atoms with van der Waals surface area (Å²) in [6.07, 6.45) is 0. The van der Waals surface area contributed by atoms with Crippen LogP contribution in [0.15, 0.2) is 48.5 Å². The highest BCUT2D eigenvalue weighted by Gasteiger charge is 2.10. The van der Waals surface area contributed by atoms with Gasteiger partial charge in [-0.25, -0.2) is 0 Å². The van der Waals surface area contributed by atoms with E-state index >= 15 is 0 Å². The molecule has 1 amide bonds. The van der Waals surface area contributed by atoms with Crippen molar-refractivity contribution in [2.75, 3.05) is 25.0 Å². The fourth-order valence-electron chi connectivity index (χ4n) is 1.92. The molecule has 0 fully saturated rings. The lowest BCUT2D eigenvalue weighted by Crippen LogP contribution is -2.33. The van der Waals surface area contributed by atoms with Gasteiger partial charge in [-0.2, -0.15) is 0 Å². The smallest absolute Gasteiger partial charge is 0.252 e. The monoisotopic (exact) mass is 322 g/mol. The number of hydrogen-bond acceptors (Lipinski definition) is 2. The maximum absolute atomic E-state index is 12.1. The van der Waals surface area contributed by atoms with Crippen LogP contribution in [0.4, 0.5) is 5.69 Å². The van der Waals surface area contributed by atoms with Crippen LogP contribution in [0.1, 0.15) is 10.4 Å². The van der Waals surface area contributed by atoms with Gasteiger partial charge in [0.25, 0.3) is 5.91 Å². The van der Waals surface area contributed by atoms with Crippen molar-refractivity contribution < 1.29 is 4.79 Å². The fourth-order valence-corrected chi connectivity index (χ4v) is 2.29. The SMILES string of the molecule is CN(CCNC(=O)c1cc(Cl)ccc1Cl)c1ccccc1. The number of anilines is 1. The summed E-state index contributed by atoms with van der Waals surface area (Å²) in [5.41, 5.74) is 1.50. The summed E-state index contributed by atoms with van der Waals surface area (Å²) in [7, 11) is 1.98. The molecule has 0 saturated carbocycles. The Labute approximate surface area is 134 Å². The second-order valence-corrected chi connectivity index (χ2v) is 5.48. The molecule has 0 aromatic heterocycles. The van der Waals surface area contributed by atoms with E-state index in [4.69, 9.17) is 23.2 Å². The van der Waals surface area contributed by atoms with Gasteiger partial charge in [0.1, 0.15) is 0 Å². The molecule has 5 heteroatoms. The molecule has 0 bridgehead atoms. The number of carbonyl (C=O) groups excluding carboxylic acids is 1. The Morgan fingerprint density at radius 2 is 1.86 bits per heavy atom. The lowest BCUT2D eigenvalue weighted by molar-refractivity contribution is 0.0955. The minimum atomic E-state index is -0.219. The van der Waals surface area contributed by atoms with Gasteiger partial charge in [-0.1, -0.05) is 41.4 Å². The second-order valence-electron chi connectivity index (χ2n) is 4.64. The standard InChI is InChI=1S/C16H16Cl2N2O/c1-20(13-5-3-2-4-6-13)10-9-19-16(21)14-11-12(17)7-8-15(14)18/h2-8,11H,9-10H2,1H3,(H,19,21). The summed E-state index contributed by atoms with van der Waals surface area (Å²) < 4.78 is 0. The molecule has 0 radical (unpaired) electrons. The van der Waals surface area contributed by atoms with E-state index in [1.54, 1.807) is 18.2 Å². The number of hydrogen-bond donors (Lipinski definition) is 1. The number of carbonyl (C=O) groups is 1. The molecule has 3 nitrogen and oxygen atoms in total. The van der Waals surface area contributed by atoms with Crippen LogP contribution >= 0.6 is 23.2 Å². The molecule has 0 aliphatic carbocycles. The Hall–Kier alpha value is -1.71. The predicted octanol–water partition coefficient (Wildman–Crippen LogP) is 3.86. The first-order valence-electron chi connectivity index (χ1n) is 6.57. The van der Waals surface area contributed by atoms with Crippen molar-refractivity contribution in [1.29, 1.82) is 0 Å². The third-order valence-corrected chi connectivity index (χ3v) is 3.67. The number of amides is 1. The molecule has 2 rings (SSSR count). The lowest BCUT2D eigenvalue weighted by Gasteiger charge is -2.19. The summed E-state index contributed by atoms with van der Waals surface area (Å²) in [5, 5.41) is 3.73. The van der Waals surface area contributed by atoms with Crippen molar-refractivity contribution in [2.45, 2.75) is 0 Å². The molecule has 0 heterocycles. The number of halogens is 2. The normalized spacial score (nSPS) is 10.2. The van der Waals surface area contributed by atoms with Crippen LogP contribution in [0.3, 0.4) is 0 Å². The van der Waals surface area contributed by atoms with E-state index in [1.165, 1.54) is 0 Å². The second kappa shape index (κ2) is 7.34. The minimum absolute atomic E-state index is 0.219. The van der Waals surface area contributed by atoms with E-state index < -0.39 is 0 Å². The van der Waals surface area contributed by atoms with Gasteiger partial charge in [0, 0.05) is 30.8 Å². The number of rotatable bonds is 5. The van der Waals surface area contributed by atoms with E-state index in [1.807, 2.05) is 37.4 Å². The summed E-state index contributed by atoms with van der Waals surface area (Å²) >= 11 is 11.9. The Kier molecular flexibility index (Phi) is 5.48. The highest BCUT2D eigenvalue weighted by atomic mass is 35.5. The van der Waals surface area contributed by atoms with E-state index in [2.05, 4.69) is 10.2 Å². The highest BCUT2D eigenvalue weighted by Crippen LogP contribution is 2.20. The molecular formula is C16H16Cl2N2O. The van der Waals surface area contributed by atoms with Crippen molar-refractivity contribution >= 4 is 34.8 Å². The zero-order valence-electron chi connectivity index (χ0n) is 11.6. The van der Waals surface area contributed by atoms with Gasteiger partial charge in [0.15, 0.2) is 0 Å². The predicted molar refractivity (Wildman–Crippen MR) is 88.5 cm³/mol. The van der Waals surface area contributed by atoms with E-state index in [9.17, 15) is 4.79 Å². The zero-order valence-corrected chi connectivity index (χ0v) is 13.2. The fraction of sp³-hybridized carbons (Fsp3) is 0.188. The summed E-state index contributed by atoms with van der Waals surface area (Å²) in [4.78, 5) is 14.1. The number of para-hydroxylation sites is 1. The Morgan fingerprint density at radius 3 is 2.57 bits per heavy atom. The van der Waals surface area contributed by atoms with Gasteiger partial charge in [-0.15, -0.1) is 0 Å². The van der Waals surface area contributed by atoms with Crippen LogP contribution in [0, 0.1) is 0 Å². The summed E-state index contributed by atoms with van der Waals surface area (Å²) in [5.74, 6) is -0.219. The first-order chi connectivity index (χ1) is 10.1. The van der Waals surface area contributed by atoms with Gasteiger partial charge < -0.3 is 10.2 Å². The molecule has 110 valence electrons. The molecule has 0 spiro atoms. The number of nitrogens with zero attached hydrogens (tertiary/aromatic N) is 1. The van der Waals surface area contributed by atoms with Crippen LogP contribution in [0.2, 0.25) is 10.0 Å². The van der Waals surface area contributed by atoms with Crippen LogP contribution in [0.25, 0.3) is 0 Å². The lowest BCUT2D eigenvalue weighted by atomic mass is 10.2. The van der Waals surface area contributed by atoms with Crippen LogP contribution in [-0.2, 0) is 0 Å². The molecule has 0 saturated heterocycles. The number of likely N-dealkylation sites (N-methyl/N-ethyl adjacent to an activating group) is 1. The van der Waals surface area contributed by atoms with Gasteiger partial charge in [0.2, 0.25) is 0 Å². The number of benzene rings is 2. The molecule has 2 aromatic carbocycles. The minimum Gasteiger partial charge on any atom is -0.373 e. The van der Waals surface area contributed by atoms with Crippen molar-refractivity contribution in [2.24, 2.45) is 0 Å². The molecule has 0 aliphatic rings. The zero-order chi connectivity index (χ0) is 15.2. The van der Waals surface area contributed by atoms with E-state index in [0.717, 1.165) is 5.69 Å². The maximum atomic E-state index is 12.1. The number of nitrogens with one attached hydrogen (secondary N) is 1. The van der Waals surface area contributed by atoms with Gasteiger partial charge >= 0.3 is 0 Å². The highest BCUT2D eigenvalue weighted by molar-refractivity contribution is 6.35. The Balaban J connectivity index is 1.88. The summed E-state index contributed by atoms with van der Waals surface area (Å²) in [6.45, 7) is 1.22. The van der Waals surface area contributed by atoms with Crippen LogP contribution < -0.4 is 10.2 Å². The quantitative estimate of drug-likeness (QED) is 0.906. The molecule has 2 aromatic rings. The van der Waals surface area contributed by atoms with E-state index in [-0.39, 0.29) is 5.91 Å². The van der Waals surface area contributed by atoms with Gasteiger partial charge in [-0.3, -0.25) is 4.79 Å². The van der Waals surface area contributed by atoms with Crippen LogP contribution in [-0.4, -0.2) is 26.0 Å². The topological polar surface area (TPSA) is 32.3 Å². The largest absolute Gasteiger partial charge is 0.373 e. The van der Waals surface area contributed by atoms with Gasteiger partial charge in [-0.05, 0) is 30.3 Å². The van der Waals surface area contributed by atoms with Crippen molar-refractivity contribution in [3.05, 3.63) is 64.1 Å². The van der Waals surface area contributed by atoms with Crippen LogP contribution in [0.5, 0.6) is 0 Å². The third kappa shape index (κ3) is 4.38. The van der Waals surface area contributed by atoms with Crippen molar-refractivity contribution in [1.82, 2.24) is 5.32 Å². The third-order valence-electron chi connectivity index (χ3n) is 3.10.